The van der Waals surface area contributed by atoms with Gasteiger partial charge in [0.15, 0.2) is 5.78 Å². The molecule has 0 saturated heterocycles. The summed E-state index contributed by atoms with van der Waals surface area (Å²) in [6, 6.07) is 11.9. The SMILES string of the molecule is NCCc1ccccc1C(=O)C1CCCc2cccnc21. The Balaban J connectivity index is 1.97. The summed E-state index contributed by atoms with van der Waals surface area (Å²) in [6.45, 7) is 0.559. The van der Waals surface area contributed by atoms with Gasteiger partial charge >= 0.3 is 0 Å². The van der Waals surface area contributed by atoms with Crippen molar-refractivity contribution in [1.82, 2.24) is 4.98 Å². The highest BCUT2D eigenvalue weighted by Gasteiger charge is 2.29. The predicted octanol–water partition coefficient (Wildman–Crippen LogP) is 2.89. The number of fused-ring (bicyclic) bond motifs is 1. The van der Waals surface area contributed by atoms with E-state index in [4.69, 9.17) is 5.73 Å². The van der Waals surface area contributed by atoms with Crippen LogP contribution in [0.25, 0.3) is 0 Å². The highest BCUT2D eigenvalue weighted by atomic mass is 16.1. The van der Waals surface area contributed by atoms with Gasteiger partial charge in [0.25, 0.3) is 0 Å². The summed E-state index contributed by atoms with van der Waals surface area (Å²) in [5, 5.41) is 0. The molecule has 0 saturated carbocycles. The molecule has 0 aliphatic heterocycles. The highest BCUT2D eigenvalue weighted by Crippen LogP contribution is 2.33. The summed E-state index contributed by atoms with van der Waals surface area (Å²) in [7, 11) is 0. The second-order valence-electron chi connectivity index (χ2n) is 5.55. The van der Waals surface area contributed by atoms with E-state index in [0.29, 0.717) is 6.54 Å². The van der Waals surface area contributed by atoms with Crippen molar-refractivity contribution >= 4 is 5.78 Å². The van der Waals surface area contributed by atoms with Crippen LogP contribution in [0.3, 0.4) is 0 Å². The van der Waals surface area contributed by atoms with Gasteiger partial charge in [0.05, 0.1) is 11.6 Å². The van der Waals surface area contributed by atoms with Crippen LogP contribution >= 0.6 is 0 Å². The van der Waals surface area contributed by atoms with Crippen molar-refractivity contribution in [2.24, 2.45) is 5.73 Å². The zero-order valence-corrected chi connectivity index (χ0v) is 12.1. The number of Topliss-reactive ketones (excluding diaryl/α,β-unsaturated/α-hetero) is 1. The minimum atomic E-state index is -0.103. The molecule has 2 N–H and O–H groups in total. The molecule has 3 rings (SSSR count). The molecule has 1 aromatic carbocycles. The molecule has 1 atom stereocenters. The van der Waals surface area contributed by atoms with E-state index < -0.39 is 0 Å². The Morgan fingerprint density at radius 1 is 1.24 bits per heavy atom. The number of carbonyl (C=O) groups is 1. The van der Waals surface area contributed by atoms with Crippen LogP contribution in [0.2, 0.25) is 0 Å². The maximum atomic E-state index is 13.0. The third kappa shape index (κ3) is 2.74. The van der Waals surface area contributed by atoms with Gasteiger partial charge in [-0.25, -0.2) is 0 Å². The van der Waals surface area contributed by atoms with Crippen molar-refractivity contribution in [2.75, 3.05) is 6.54 Å². The molecular weight excluding hydrogens is 260 g/mol. The molecule has 0 spiro atoms. The maximum absolute atomic E-state index is 13.0. The smallest absolute Gasteiger partial charge is 0.172 e. The van der Waals surface area contributed by atoms with Crippen molar-refractivity contribution in [3.63, 3.8) is 0 Å². The number of nitrogens with zero attached hydrogens (tertiary/aromatic N) is 1. The van der Waals surface area contributed by atoms with Crippen LogP contribution in [-0.2, 0) is 12.8 Å². The number of carbonyl (C=O) groups excluding carboxylic acids is 1. The largest absolute Gasteiger partial charge is 0.330 e. The Morgan fingerprint density at radius 3 is 2.95 bits per heavy atom. The summed E-state index contributed by atoms with van der Waals surface area (Å²) >= 11 is 0. The van der Waals surface area contributed by atoms with Crippen molar-refractivity contribution in [3.05, 3.63) is 65.0 Å². The molecule has 1 aliphatic rings. The Bertz CT molecular complexity index is 651. The number of nitrogens with two attached hydrogens (primary N) is 1. The zero-order chi connectivity index (χ0) is 14.7. The van der Waals surface area contributed by atoms with Gasteiger partial charge in [0.2, 0.25) is 0 Å². The van der Waals surface area contributed by atoms with E-state index in [0.717, 1.165) is 42.5 Å². The fraction of sp³-hybridized carbons (Fsp3) is 0.333. The molecule has 1 aromatic heterocycles. The molecule has 3 nitrogen and oxygen atoms in total. The van der Waals surface area contributed by atoms with E-state index >= 15 is 0 Å². The number of benzene rings is 1. The van der Waals surface area contributed by atoms with Crippen molar-refractivity contribution < 1.29 is 4.79 Å². The fourth-order valence-corrected chi connectivity index (χ4v) is 3.19. The number of rotatable bonds is 4. The quantitative estimate of drug-likeness (QED) is 0.876. The van der Waals surface area contributed by atoms with Crippen molar-refractivity contribution in [3.8, 4) is 0 Å². The van der Waals surface area contributed by atoms with Crippen LogP contribution in [-0.4, -0.2) is 17.3 Å². The molecule has 1 heterocycles. The third-order valence-electron chi connectivity index (χ3n) is 4.21. The molecule has 3 heteroatoms. The molecule has 2 aromatic rings. The van der Waals surface area contributed by atoms with Gasteiger partial charge < -0.3 is 5.73 Å². The topological polar surface area (TPSA) is 56.0 Å². The number of hydrogen-bond acceptors (Lipinski definition) is 3. The zero-order valence-electron chi connectivity index (χ0n) is 12.1. The van der Waals surface area contributed by atoms with Gasteiger partial charge in [-0.2, -0.15) is 0 Å². The maximum Gasteiger partial charge on any atom is 0.172 e. The molecule has 21 heavy (non-hydrogen) atoms. The Hall–Kier alpha value is -2.00. The number of ketones is 1. The lowest BCUT2D eigenvalue weighted by atomic mass is 9.81. The minimum absolute atomic E-state index is 0.103. The lowest BCUT2D eigenvalue weighted by Gasteiger charge is -2.24. The Morgan fingerprint density at radius 2 is 2.10 bits per heavy atom. The second kappa shape index (κ2) is 6.19. The average molecular weight is 280 g/mol. The lowest BCUT2D eigenvalue weighted by Crippen LogP contribution is -2.21. The summed E-state index contributed by atoms with van der Waals surface area (Å²) in [4.78, 5) is 17.5. The van der Waals surface area contributed by atoms with Crippen LogP contribution in [0, 0.1) is 0 Å². The molecule has 1 aliphatic carbocycles. The van der Waals surface area contributed by atoms with Gasteiger partial charge in [-0.3, -0.25) is 9.78 Å². The first-order valence-corrected chi connectivity index (χ1v) is 7.57. The first-order valence-electron chi connectivity index (χ1n) is 7.57. The first kappa shape index (κ1) is 14.0. The molecule has 0 amide bonds. The van der Waals surface area contributed by atoms with Gasteiger partial charge in [-0.15, -0.1) is 0 Å². The van der Waals surface area contributed by atoms with Crippen LogP contribution in [0.4, 0.5) is 0 Å². The van der Waals surface area contributed by atoms with E-state index in [1.54, 1.807) is 6.20 Å². The molecule has 0 bridgehead atoms. The Kier molecular flexibility index (Phi) is 4.11. The summed E-state index contributed by atoms with van der Waals surface area (Å²) < 4.78 is 0. The van der Waals surface area contributed by atoms with E-state index in [2.05, 4.69) is 11.1 Å². The highest BCUT2D eigenvalue weighted by molar-refractivity contribution is 6.02. The van der Waals surface area contributed by atoms with Crippen LogP contribution in [0.5, 0.6) is 0 Å². The first-order chi connectivity index (χ1) is 10.3. The van der Waals surface area contributed by atoms with Gasteiger partial charge in [-0.1, -0.05) is 30.3 Å². The van der Waals surface area contributed by atoms with E-state index in [9.17, 15) is 4.79 Å². The standard InChI is InChI=1S/C18H20N2O/c19-11-10-13-5-1-2-8-15(13)18(21)16-9-3-6-14-7-4-12-20-17(14)16/h1-2,4-5,7-8,12,16H,3,6,9-11,19H2. The lowest BCUT2D eigenvalue weighted by molar-refractivity contribution is 0.0948. The fourth-order valence-electron chi connectivity index (χ4n) is 3.19. The molecule has 108 valence electrons. The van der Waals surface area contributed by atoms with Crippen LogP contribution in [0.1, 0.15) is 45.9 Å². The molecule has 0 radical (unpaired) electrons. The van der Waals surface area contributed by atoms with Crippen LogP contribution in [0.15, 0.2) is 42.6 Å². The summed E-state index contributed by atoms with van der Waals surface area (Å²) in [5.74, 6) is 0.0903. The third-order valence-corrected chi connectivity index (χ3v) is 4.21. The minimum Gasteiger partial charge on any atom is -0.330 e. The van der Waals surface area contributed by atoms with E-state index in [1.165, 1.54) is 5.56 Å². The molecule has 1 unspecified atom stereocenters. The molecule has 0 fully saturated rings. The van der Waals surface area contributed by atoms with Gasteiger partial charge in [-0.05, 0) is 49.4 Å². The van der Waals surface area contributed by atoms with Gasteiger partial charge in [0, 0.05) is 11.8 Å². The van der Waals surface area contributed by atoms with Gasteiger partial charge in [0.1, 0.15) is 0 Å². The number of aromatic nitrogens is 1. The van der Waals surface area contributed by atoms with E-state index in [1.807, 2.05) is 30.3 Å². The van der Waals surface area contributed by atoms with E-state index in [-0.39, 0.29) is 11.7 Å². The van der Waals surface area contributed by atoms with Crippen LogP contribution < -0.4 is 5.73 Å². The Labute approximate surface area is 125 Å². The summed E-state index contributed by atoms with van der Waals surface area (Å²) in [6.07, 6.45) is 5.49. The number of hydrogen-bond donors (Lipinski definition) is 1. The predicted molar refractivity (Wildman–Crippen MR) is 83.4 cm³/mol. The number of aryl methyl sites for hydroxylation is 1. The van der Waals surface area contributed by atoms with Crippen molar-refractivity contribution in [1.29, 1.82) is 0 Å². The van der Waals surface area contributed by atoms with Crippen molar-refractivity contribution in [2.45, 2.75) is 31.6 Å². The normalized spacial score (nSPS) is 17.3. The monoisotopic (exact) mass is 280 g/mol. The second-order valence-corrected chi connectivity index (χ2v) is 5.55. The number of pyridine rings is 1. The summed E-state index contributed by atoms with van der Waals surface area (Å²) in [5.41, 5.74) is 9.71. The molecular formula is C18H20N2O. The average Bonchev–Trinajstić information content (AvgIpc) is 2.54.